The lowest BCUT2D eigenvalue weighted by Gasteiger charge is -2.35. The average molecular weight is 613 g/mol. The van der Waals surface area contributed by atoms with Crippen molar-refractivity contribution in [3.63, 3.8) is 0 Å². The third-order valence-corrected chi connectivity index (χ3v) is 7.98. The molecule has 3 heterocycles. The Balaban J connectivity index is 0.00000368. The van der Waals surface area contributed by atoms with Crippen LogP contribution in [0.3, 0.4) is 0 Å². The van der Waals surface area contributed by atoms with Gasteiger partial charge in [-0.15, -0.1) is 12.4 Å². The molecule has 2 atom stereocenters. The number of carbonyl (C=O) groups excluding carboxylic acids is 2. The Labute approximate surface area is 255 Å². The SMILES string of the molecule is Cl.O=C(c1cc(F)cc(O[C@H]2CCNC2)c1)N1CCN(C(=O)c2ccc(O[C@H]3CCNC3)c(-c3ccc(F)cc3)c2)CC1. The minimum absolute atomic E-state index is 0. The van der Waals surface area contributed by atoms with Crippen LogP contribution in [0.1, 0.15) is 33.6 Å². The second-order valence-electron chi connectivity index (χ2n) is 10.9. The molecule has 2 amide bonds. The second-order valence-corrected chi connectivity index (χ2v) is 10.9. The summed E-state index contributed by atoms with van der Waals surface area (Å²) in [5.74, 6) is -0.332. The molecule has 3 aromatic carbocycles. The van der Waals surface area contributed by atoms with Crippen LogP contribution < -0.4 is 20.1 Å². The van der Waals surface area contributed by atoms with E-state index in [0.717, 1.165) is 43.6 Å². The molecule has 3 aliphatic rings. The van der Waals surface area contributed by atoms with Crippen LogP contribution in [0.25, 0.3) is 11.1 Å². The van der Waals surface area contributed by atoms with E-state index in [2.05, 4.69) is 10.6 Å². The number of ether oxygens (including phenoxy) is 2. The van der Waals surface area contributed by atoms with Crippen molar-refractivity contribution < 1.29 is 27.8 Å². The number of piperazine rings is 1. The van der Waals surface area contributed by atoms with Gasteiger partial charge in [0.1, 0.15) is 35.3 Å². The Bertz CT molecular complexity index is 1440. The van der Waals surface area contributed by atoms with E-state index in [4.69, 9.17) is 9.47 Å². The van der Waals surface area contributed by atoms with Crippen molar-refractivity contribution in [3.05, 3.63) is 83.4 Å². The summed E-state index contributed by atoms with van der Waals surface area (Å²) in [5, 5.41) is 6.49. The van der Waals surface area contributed by atoms with Crippen LogP contribution in [0.5, 0.6) is 11.5 Å². The zero-order valence-electron chi connectivity index (χ0n) is 23.7. The predicted molar refractivity (Wildman–Crippen MR) is 161 cm³/mol. The average Bonchev–Trinajstić information content (AvgIpc) is 3.72. The molecule has 8 nitrogen and oxygen atoms in total. The monoisotopic (exact) mass is 612 g/mol. The lowest BCUT2D eigenvalue weighted by molar-refractivity contribution is 0.0535. The van der Waals surface area contributed by atoms with Gasteiger partial charge >= 0.3 is 0 Å². The molecule has 3 aromatic rings. The van der Waals surface area contributed by atoms with Gasteiger partial charge in [0.15, 0.2) is 0 Å². The van der Waals surface area contributed by atoms with Gasteiger partial charge in [0.25, 0.3) is 11.8 Å². The molecule has 0 unspecified atom stereocenters. The molecule has 2 N–H and O–H groups in total. The third-order valence-electron chi connectivity index (χ3n) is 7.98. The Hall–Kier alpha value is -3.73. The fraction of sp³-hybridized carbons (Fsp3) is 0.375. The molecule has 3 saturated heterocycles. The number of nitrogens with one attached hydrogen (secondary N) is 2. The molecule has 0 radical (unpaired) electrons. The first-order valence-electron chi connectivity index (χ1n) is 14.5. The smallest absolute Gasteiger partial charge is 0.254 e. The van der Waals surface area contributed by atoms with Gasteiger partial charge in [-0.2, -0.15) is 0 Å². The highest BCUT2D eigenvalue weighted by Crippen LogP contribution is 2.33. The van der Waals surface area contributed by atoms with Crippen molar-refractivity contribution in [3.8, 4) is 22.6 Å². The van der Waals surface area contributed by atoms with Crippen LogP contribution in [0.15, 0.2) is 60.7 Å². The van der Waals surface area contributed by atoms with Crippen molar-refractivity contribution >= 4 is 24.2 Å². The van der Waals surface area contributed by atoms with E-state index in [1.54, 1.807) is 46.2 Å². The van der Waals surface area contributed by atoms with Crippen LogP contribution in [0, 0.1) is 11.6 Å². The normalized spacial score (nSPS) is 20.0. The van der Waals surface area contributed by atoms with Gasteiger partial charge in [0, 0.05) is 62.0 Å². The third kappa shape index (κ3) is 7.26. The lowest BCUT2D eigenvalue weighted by Crippen LogP contribution is -2.50. The van der Waals surface area contributed by atoms with E-state index in [1.807, 2.05) is 0 Å². The standard InChI is InChI=1S/C32H34F2N4O4.ClH/c33-24-4-1-21(2-5-24)29-17-22(3-6-30(29)42-27-8-10-36-20-27)31(39)37-11-13-38(14-12-37)32(40)23-15-25(34)18-28(16-23)41-26-7-9-35-19-26;/h1-6,15-18,26-27,35-36H,7-14,19-20H2;1H/t26-,27-;/m0./s1. The predicted octanol–water partition coefficient (Wildman–Crippen LogP) is 4.13. The van der Waals surface area contributed by atoms with Crippen LogP contribution in [-0.2, 0) is 0 Å². The summed E-state index contributed by atoms with van der Waals surface area (Å²) in [6.45, 7) is 4.49. The highest BCUT2D eigenvalue weighted by Gasteiger charge is 2.28. The lowest BCUT2D eigenvalue weighted by atomic mass is 10.0. The first-order valence-corrected chi connectivity index (χ1v) is 14.5. The first kappa shape index (κ1) is 30.7. The van der Waals surface area contributed by atoms with E-state index >= 15 is 0 Å². The molecule has 6 rings (SSSR count). The molecule has 3 aliphatic heterocycles. The molecule has 3 fully saturated rings. The van der Waals surface area contributed by atoms with E-state index in [9.17, 15) is 18.4 Å². The minimum atomic E-state index is -0.524. The summed E-state index contributed by atoms with van der Waals surface area (Å²) >= 11 is 0. The largest absolute Gasteiger partial charge is 0.489 e. The first-order chi connectivity index (χ1) is 20.4. The number of hydrogen-bond acceptors (Lipinski definition) is 6. The van der Waals surface area contributed by atoms with Gasteiger partial charge in [0.05, 0.1) is 0 Å². The zero-order valence-corrected chi connectivity index (χ0v) is 24.5. The van der Waals surface area contributed by atoms with Gasteiger partial charge in [-0.1, -0.05) is 12.1 Å². The highest BCUT2D eigenvalue weighted by molar-refractivity contribution is 5.97. The summed E-state index contributed by atoms with van der Waals surface area (Å²) in [7, 11) is 0. The maximum atomic E-state index is 14.4. The molecule has 228 valence electrons. The molecule has 0 spiro atoms. The number of carbonyl (C=O) groups is 2. The van der Waals surface area contributed by atoms with Crippen LogP contribution in [0.4, 0.5) is 8.78 Å². The molecular weight excluding hydrogens is 578 g/mol. The number of benzene rings is 3. The number of halogens is 3. The molecular formula is C32H35ClF2N4O4. The highest BCUT2D eigenvalue weighted by atomic mass is 35.5. The maximum Gasteiger partial charge on any atom is 0.254 e. The molecule has 43 heavy (non-hydrogen) atoms. The van der Waals surface area contributed by atoms with Crippen molar-refractivity contribution in [2.45, 2.75) is 25.0 Å². The molecule has 0 aromatic heterocycles. The van der Waals surface area contributed by atoms with Gasteiger partial charge < -0.3 is 29.9 Å². The summed E-state index contributed by atoms with van der Waals surface area (Å²) in [6.07, 6.45) is 1.69. The number of nitrogens with zero attached hydrogens (tertiary/aromatic N) is 2. The van der Waals surface area contributed by atoms with Gasteiger partial charge in [-0.05, 0) is 74.0 Å². The Morgan fingerprint density at radius 2 is 1.30 bits per heavy atom. The molecule has 0 aliphatic carbocycles. The topological polar surface area (TPSA) is 83.1 Å². The Morgan fingerprint density at radius 3 is 1.91 bits per heavy atom. The summed E-state index contributed by atoms with van der Waals surface area (Å²) in [6, 6.07) is 15.6. The summed E-state index contributed by atoms with van der Waals surface area (Å²) < 4.78 is 40.1. The fourth-order valence-corrected chi connectivity index (χ4v) is 5.68. The number of hydrogen-bond donors (Lipinski definition) is 2. The second kappa shape index (κ2) is 13.7. The summed E-state index contributed by atoms with van der Waals surface area (Å²) in [4.78, 5) is 30.1. The van der Waals surface area contributed by atoms with Crippen LogP contribution in [0.2, 0.25) is 0 Å². The van der Waals surface area contributed by atoms with Crippen molar-refractivity contribution in [2.75, 3.05) is 52.4 Å². The number of rotatable bonds is 7. The van der Waals surface area contributed by atoms with Gasteiger partial charge in [-0.3, -0.25) is 9.59 Å². The van der Waals surface area contributed by atoms with E-state index in [0.29, 0.717) is 49.8 Å². The zero-order chi connectivity index (χ0) is 29.1. The van der Waals surface area contributed by atoms with Crippen molar-refractivity contribution in [1.82, 2.24) is 20.4 Å². The maximum absolute atomic E-state index is 14.4. The van der Waals surface area contributed by atoms with Crippen molar-refractivity contribution in [1.29, 1.82) is 0 Å². The van der Waals surface area contributed by atoms with Crippen molar-refractivity contribution in [2.24, 2.45) is 0 Å². The Morgan fingerprint density at radius 1 is 0.698 bits per heavy atom. The van der Waals surface area contributed by atoms with E-state index in [1.165, 1.54) is 24.3 Å². The fourth-order valence-electron chi connectivity index (χ4n) is 5.68. The van der Waals surface area contributed by atoms with E-state index < -0.39 is 5.82 Å². The molecule has 0 bridgehead atoms. The van der Waals surface area contributed by atoms with Crippen LogP contribution in [-0.4, -0.2) is 86.2 Å². The quantitative estimate of drug-likeness (QED) is 0.418. The van der Waals surface area contributed by atoms with E-state index in [-0.39, 0.29) is 47.8 Å². The van der Waals surface area contributed by atoms with Gasteiger partial charge in [0.2, 0.25) is 0 Å². The van der Waals surface area contributed by atoms with Crippen LogP contribution >= 0.6 is 12.4 Å². The molecule has 11 heteroatoms. The number of amides is 2. The minimum Gasteiger partial charge on any atom is -0.489 e. The molecule has 0 saturated carbocycles. The summed E-state index contributed by atoms with van der Waals surface area (Å²) in [5.41, 5.74) is 2.19. The van der Waals surface area contributed by atoms with Gasteiger partial charge in [-0.25, -0.2) is 8.78 Å². The Kier molecular flexibility index (Phi) is 9.79.